The molecule has 3 aromatic rings. The number of amides is 3. The molecule has 6 heteroatoms. The van der Waals surface area contributed by atoms with Gasteiger partial charge in [0.1, 0.15) is 12.0 Å². The van der Waals surface area contributed by atoms with Crippen LogP contribution >= 0.6 is 0 Å². The molecule has 3 atom stereocenters. The number of fused-ring (bicyclic) bond motifs is 4. The Morgan fingerprint density at radius 3 is 2.26 bits per heavy atom. The van der Waals surface area contributed by atoms with Gasteiger partial charge in [-0.1, -0.05) is 66.7 Å². The van der Waals surface area contributed by atoms with E-state index in [1.54, 1.807) is 18.9 Å². The number of carbonyl (C=O) groups is 3. The highest BCUT2D eigenvalue weighted by Gasteiger charge is 2.35. The van der Waals surface area contributed by atoms with Gasteiger partial charge in [-0.05, 0) is 48.1 Å². The van der Waals surface area contributed by atoms with Crippen molar-refractivity contribution in [2.75, 3.05) is 11.9 Å². The predicted molar refractivity (Wildman–Crippen MR) is 131 cm³/mol. The molecular weight excluding hydrogens is 426 g/mol. The van der Waals surface area contributed by atoms with Gasteiger partial charge in [0, 0.05) is 12.6 Å². The Bertz CT molecular complexity index is 1290. The molecule has 5 rings (SSSR count). The molecule has 0 aromatic heterocycles. The van der Waals surface area contributed by atoms with E-state index >= 15 is 0 Å². The van der Waals surface area contributed by atoms with Crippen LogP contribution in [0.3, 0.4) is 0 Å². The third-order valence-corrected chi connectivity index (χ3v) is 6.93. The van der Waals surface area contributed by atoms with Crippen molar-refractivity contribution in [1.29, 1.82) is 0 Å². The third-order valence-electron chi connectivity index (χ3n) is 6.93. The number of hydrogen-bond acceptors (Lipinski definition) is 3. The number of rotatable bonds is 4. The zero-order chi connectivity index (χ0) is 23.8. The SMILES string of the molecule is CC(C(=O)NC1CCc2ccccc21)C(=O)NC1C(=O)N(C)c2ccccc2-c2ccccc21. The first-order valence-corrected chi connectivity index (χ1v) is 11.6. The maximum atomic E-state index is 13.4. The molecule has 1 aliphatic heterocycles. The number of para-hydroxylation sites is 1. The molecule has 2 aliphatic rings. The van der Waals surface area contributed by atoms with Crippen LogP contribution in [0.4, 0.5) is 5.69 Å². The topological polar surface area (TPSA) is 78.5 Å². The van der Waals surface area contributed by atoms with Gasteiger partial charge in [-0.25, -0.2) is 0 Å². The number of nitrogens with zero attached hydrogens (tertiary/aromatic N) is 1. The molecule has 1 heterocycles. The van der Waals surface area contributed by atoms with E-state index in [-0.39, 0.29) is 17.9 Å². The molecule has 1 aliphatic carbocycles. The largest absolute Gasteiger partial charge is 0.349 e. The standard InChI is InChI=1S/C28H27N3O3/c1-17(26(32)29-23-16-15-18-9-3-4-10-19(18)23)27(33)30-25-22-13-6-5-11-20(22)21-12-7-8-14-24(21)31(2)28(25)34/h3-14,17,23,25H,15-16H2,1-2H3,(H,29,32)(H,30,33). The van der Waals surface area contributed by atoms with Crippen molar-refractivity contribution in [2.45, 2.75) is 31.8 Å². The van der Waals surface area contributed by atoms with Crippen LogP contribution < -0.4 is 15.5 Å². The Hall–Kier alpha value is -3.93. The number of carbonyl (C=O) groups excluding carboxylic acids is 3. The number of nitrogens with one attached hydrogen (secondary N) is 2. The molecule has 0 saturated carbocycles. The number of anilines is 1. The second kappa shape index (κ2) is 8.78. The molecule has 0 saturated heterocycles. The molecule has 3 amide bonds. The van der Waals surface area contributed by atoms with Gasteiger partial charge < -0.3 is 15.5 Å². The van der Waals surface area contributed by atoms with Crippen molar-refractivity contribution in [1.82, 2.24) is 10.6 Å². The first-order chi connectivity index (χ1) is 16.5. The highest BCUT2D eigenvalue weighted by Crippen LogP contribution is 2.39. The average molecular weight is 454 g/mol. The highest BCUT2D eigenvalue weighted by molar-refractivity contribution is 6.07. The smallest absolute Gasteiger partial charge is 0.253 e. The average Bonchev–Trinajstić information content (AvgIpc) is 3.25. The summed E-state index contributed by atoms with van der Waals surface area (Å²) in [5.74, 6) is -2.01. The van der Waals surface area contributed by atoms with Gasteiger partial charge in [0.05, 0.1) is 11.7 Å². The summed E-state index contributed by atoms with van der Waals surface area (Å²) < 4.78 is 0. The zero-order valence-corrected chi connectivity index (χ0v) is 19.2. The minimum atomic E-state index is -0.941. The predicted octanol–water partition coefficient (Wildman–Crippen LogP) is 3.93. The van der Waals surface area contributed by atoms with Crippen LogP contribution in [0.2, 0.25) is 0 Å². The summed E-state index contributed by atoms with van der Waals surface area (Å²) in [6, 6.07) is 22.3. The van der Waals surface area contributed by atoms with Gasteiger partial charge in [-0.15, -0.1) is 0 Å². The summed E-state index contributed by atoms with van der Waals surface area (Å²) in [5, 5.41) is 5.89. The van der Waals surface area contributed by atoms with Gasteiger partial charge in [0.2, 0.25) is 11.8 Å². The Morgan fingerprint density at radius 1 is 0.853 bits per heavy atom. The van der Waals surface area contributed by atoms with E-state index in [9.17, 15) is 14.4 Å². The van der Waals surface area contributed by atoms with Gasteiger partial charge in [0.25, 0.3) is 5.91 Å². The van der Waals surface area contributed by atoms with E-state index < -0.39 is 17.9 Å². The maximum Gasteiger partial charge on any atom is 0.253 e. The molecule has 2 N–H and O–H groups in total. The first kappa shape index (κ1) is 21.9. The Kier molecular flexibility index (Phi) is 5.65. The second-order valence-corrected chi connectivity index (χ2v) is 8.96. The minimum Gasteiger partial charge on any atom is -0.349 e. The lowest BCUT2D eigenvalue weighted by Crippen LogP contribution is -2.46. The van der Waals surface area contributed by atoms with Crippen LogP contribution in [0.15, 0.2) is 72.8 Å². The van der Waals surface area contributed by atoms with Crippen molar-refractivity contribution in [3.63, 3.8) is 0 Å². The number of benzene rings is 3. The summed E-state index contributed by atoms with van der Waals surface area (Å²) in [6.45, 7) is 1.58. The lowest BCUT2D eigenvalue weighted by atomic mass is 9.95. The molecule has 0 fully saturated rings. The summed E-state index contributed by atoms with van der Waals surface area (Å²) in [5.41, 5.74) is 5.65. The molecule has 34 heavy (non-hydrogen) atoms. The lowest BCUT2D eigenvalue weighted by Gasteiger charge is -2.24. The van der Waals surface area contributed by atoms with Crippen LogP contribution in [-0.2, 0) is 20.8 Å². The van der Waals surface area contributed by atoms with Gasteiger partial charge >= 0.3 is 0 Å². The van der Waals surface area contributed by atoms with E-state index in [1.807, 2.05) is 66.7 Å². The van der Waals surface area contributed by atoms with Crippen molar-refractivity contribution in [3.05, 3.63) is 89.5 Å². The molecule has 172 valence electrons. The van der Waals surface area contributed by atoms with Crippen LogP contribution in [0, 0.1) is 5.92 Å². The van der Waals surface area contributed by atoms with Gasteiger partial charge in [-0.3, -0.25) is 14.4 Å². The van der Waals surface area contributed by atoms with Crippen molar-refractivity contribution >= 4 is 23.4 Å². The highest BCUT2D eigenvalue weighted by atomic mass is 16.2. The van der Waals surface area contributed by atoms with Crippen LogP contribution in [0.5, 0.6) is 0 Å². The van der Waals surface area contributed by atoms with E-state index in [4.69, 9.17) is 0 Å². The van der Waals surface area contributed by atoms with E-state index in [2.05, 4.69) is 16.7 Å². The fraction of sp³-hybridized carbons (Fsp3) is 0.250. The normalized spacial score (nSPS) is 19.4. The van der Waals surface area contributed by atoms with Gasteiger partial charge in [-0.2, -0.15) is 0 Å². The van der Waals surface area contributed by atoms with Crippen LogP contribution in [0.1, 0.15) is 42.1 Å². The quantitative estimate of drug-likeness (QED) is 0.588. The molecule has 0 bridgehead atoms. The summed E-state index contributed by atoms with van der Waals surface area (Å²) in [4.78, 5) is 41.1. The summed E-state index contributed by atoms with van der Waals surface area (Å²) in [6.07, 6.45) is 1.72. The monoisotopic (exact) mass is 453 g/mol. The molecular formula is C28H27N3O3. The Balaban J connectivity index is 1.37. The van der Waals surface area contributed by atoms with E-state index in [0.717, 1.165) is 40.8 Å². The number of aryl methyl sites for hydroxylation is 1. The molecule has 0 radical (unpaired) electrons. The Morgan fingerprint density at radius 2 is 1.47 bits per heavy atom. The molecule has 0 spiro atoms. The fourth-order valence-corrected chi connectivity index (χ4v) is 4.96. The summed E-state index contributed by atoms with van der Waals surface area (Å²) in [7, 11) is 1.71. The van der Waals surface area contributed by atoms with Crippen molar-refractivity contribution in [2.24, 2.45) is 5.92 Å². The van der Waals surface area contributed by atoms with E-state index in [0.29, 0.717) is 0 Å². The fourth-order valence-electron chi connectivity index (χ4n) is 4.96. The van der Waals surface area contributed by atoms with Crippen molar-refractivity contribution < 1.29 is 14.4 Å². The molecule has 6 nitrogen and oxygen atoms in total. The number of likely N-dealkylation sites (N-methyl/N-ethyl adjacent to an activating group) is 1. The zero-order valence-electron chi connectivity index (χ0n) is 19.2. The molecule has 3 unspecified atom stereocenters. The minimum absolute atomic E-state index is 0.0974. The molecule has 3 aromatic carbocycles. The lowest BCUT2D eigenvalue weighted by molar-refractivity contribution is -0.137. The van der Waals surface area contributed by atoms with Gasteiger partial charge in [0.15, 0.2) is 0 Å². The van der Waals surface area contributed by atoms with Crippen LogP contribution in [-0.4, -0.2) is 24.8 Å². The third kappa shape index (κ3) is 3.75. The van der Waals surface area contributed by atoms with Crippen molar-refractivity contribution in [3.8, 4) is 11.1 Å². The Labute approximate surface area is 199 Å². The maximum absolute atomic E-state index is 13.4. The van der Waals surface area contributed by atoms with Crippen LogP contribution in [0.25, 0.3) is 11.1 Å². The first-order valence-electron chi connectivity index (χ1n) is 11.6. The summed E-state index contributed by atoms with van der Waals surface area (Å²) >= 11 is 0. The number of hydrogen-bond donors (Lipinski definition) is 2. The second-order valence-electron chi connectivity index (χ2n) is 8.96. The van der Waals surface area contributed by atoms with E-state index in [1.165, 1.54) is 5.56 Å².